The smallest absolute Gasteiger partial charge is 0.335 e. The summed E-state index contributed by atoms with van der Waals surface area (Å²) >= 11 is -2.20. The number of aliphatic hydroxyl groups is 1. The first-order valence-electron chi connectivity index (χ1n) is 11.8. The quantitative estimate of drug-likeness (QED) is 0.688. The highest BCUT2D eigenvalue weighted by Gasteiger charge is 2.67. The number of nitrogens with one attached hydrogen (secondary N) is 1. The fraction of sp³-hybridized carbons (Fsp3) is 0.792. The van der Waals surface area contributed by atoms with Gasteiger partial charge in [0.1, 0.15) is 0 Å². The van der Waals surface area contributed by atoms with Gasteiger partial charge in [-0.15, -0.1) is 0 Å². The van der Waals surface area contributed by atoms with Gasteiger partial charge in [-0.1, -0.05) is 13.8 Å². The molecule has 0 aromatic carbocycles. The lowest BCUT2D eigenvalue weighted by Gasteiger charge is -2.63. The van der Waals surface area contributed by atoms with Crippen LogP contribution >= 0.6 is 0 Å². The topological polar surface area (TPSA) is 103 Å². The Hall–Kier alpha value is -1.02. The van der Waals surface area contributed by atoms with Gasteiger partial charge in [0.15, 0.2) is 0 Å². The molecule has 4 saturated carbocycles. The van der Waals surface area contributed by atoms with Gasteiger partial charge < -0.3 is 14.1 Å². The van der Waals surface area contributed by atoms with Crippen molar-refractivity contribution in [2.75, 3.05) is 0 Å². The number of hydrogen-bond acceptors (Lipinski definition) is 5. The van der Waals surface area contributed by atoms with E-state index in [0.29, 0.717) is 11.8 Å². The van der Waals surface area contributed by atoms with Gasteiger partial charge in [0.25, 0.3) is 0 Å². The molecule has 4 aliphatic carbocycles. The van der Waals surface area contributed by atoms with E-state index >= 15 is 0 Å². The second-order valence-corrected chi connectivity index (χ2v) is 11.9. The second kappa shape index (κ2) is 7.51. The minimum Gasteiger partial charge on any atom is -0.760 e. The van der Waals surface area contributed by atoms with Crippen LogP contribution in [0.1, 0.15) is 83.1 Å². The van der Waals surface area contributed by atoms with Gasteiger partial charge in [0, 0.05) is 28.8 Å². The molecule has 1 heterocycles. The summed E-state index contributed by atoms with van der Waals surface area (Å²) in [6.45, 7) is 4.66. The summed E-state index contributed by atoms with van der Waals surface area (Å²) in [5, 5.41) is 12.2. The van der Waals surface area contributed by atoms with Gasteiger partial charge in [0.05, 0.1) is 11.9 Å². The zero-order chi connectivity index (χ0) is 22.0. The van der Waals surface area contributed by atoms with Crippen LogP contribution in [0.15, 0.2) is 27.6 Å². The van der Waals surface area contributed by atoms with Gasteiger partial charge in [-0.3, -0.25) is 4.21 Å². The molecule has 1 aromatic rings. The van der Waals surface area contributed by atoms with Crippen LogP contribution in [0.3, 0.4) is 0 Å². The first-order chi connectivity index (χ1) is 14.7. The Morgan fingerprint density at radius 1 is 1.10 bits per heavy atom. The predicted octanol–water partition coefficient (Wildman–Crippen LogP) is 3.63. The van der Waals surface area contributed by atoms with E-state index in [0.717, 1.165) is 63.4 Å². The Morgan fingerprint density at radius 2 is 1.90 bits per heavy atom. The molecule has 0 aliphatic heterocycles. The molecule has 0 spiro atoms. The minimum atomic E-state index is -2.20. The molecule has 0 radical (unpaired) electrons. The molecule has 0 amide bonds. The third-order valence-corrected chi connectivity index (χ3v) is 10.8. The van der Waals surface area contributed by atoms with Crippen molar-refractivity contribution in [3.05, 3.63) is 34.4 Å². The number of hydrogen-bond donors (Lipinski definition) is 2. The first kappa shape index (κ1) is 21.8. The van der Waals surface area contributed by atoms with Crippen molar-refractivity contribution in [2.45, 2.75) is 89.2 Å². The molecule has 0 saturated heterocycles. The van der Waals surface area contributed by atoms with Crippen molar-refractivity contribution in [3.8, 4) is 0 Å². The molecule has 2 N–H and O–H groups in total. The van der Waals surface area contributed by atoms with E-state index in [9.17, 15) is 18.7 Å². The standard InChI is InChI=1S/C24H35NO5S/c1-22-10-7-17(25-31(28)29)13-16(22)4-5-20-19(22)8-11-23(2)18(9-12-24(20,23)27)15-3-6-21(26)30-14-15/h3,6,14,16-20,25,27H,4-5,7-13H2,1-2H3,(H,28,29)/p-1/t16-,17+,18-,19+,20-,22+,23-,24+/m1/s1. The fourth-order valence-corrected chi connectivity index (χ4v) is 9.06. The SMILES string of the molecule is C[C@]12CC[C@H](NS(=O)[O-])C[C@H]1CC[C@@H]1[C@@H]2CC[C@]2(C)[C@@H](c3ccc(=O)oc3)CC[C@]12O. The normalized spacial score (nSPS) is 47.8. The molecule has 9 atom stereocenters. The molecule has 1 aromatic heterocycles. The van der Waals surface area contributed by atoms with E-state index in [-0.39, 0.29) is 34.3 Å². The largest absolute Gasteiger partial charge is 0.760 e. The summed E-state index contributed by atoms with van der Waals surface area (Å²) in [6, 6.07) is 3.43. The van der Waals surface area contributed by atoms with E-state index < -0.39 is 16.9 Å². The molecule has 5 rings (SSSR count). The van der Waals surface area contributed by atoms with Crippen molar-refractivity contribution >= 4 is 11.3 Å². The molecular weight excluding hydrogens is 414 g/mol. The van der Waals surface area contributed by atoms with E-state index in [2.05, 4.69) is 18.6 Å². The van der Waals surface area contributed by atoms with Gasteiger partial charge in [-0.2, -0.15) is 0 Å². The molecule has 0 bridgehead atoms. The van der Waals surface area contributed by atoms with Crippen LogP contribution in [0, 0.1) is 28.6 Å². The van der Waals surface area contributed by atoms with Crippen LogP contribution < -0.4 is 10.3 Å². The number of fused-ring (bicyclic) bond motifs is 5. The highest BCUT2D eigenvalue weighted by atomic mass is 32.2. The lowest BCUT2D eigenvalue weighted by atomic mass is 9.43. The molecule has 172 valence electrons. The average Bonchev–Trinajstić information content (AvgIpc) is 3.00. The van der Waals surface area contributed by atoms with Gasteiger partial charge in [-0.25, -0.2) is 9.52 Å². The molecule has 4 fully saturated rings. The zero-order valence-electron chi connectivity index (χ0n) is 18.5. The molecule has 4 aliphatic rings. The van der Waals surface area contributed by atoms with Crippen LogP contribution in [-0.2, 0) is 11.3 Å². The van der Waals surface area contributed by atoms with Gasteiger partial charge in [0.2, 0.25) is 0 Å². The molecule has 6 nitrogen and oxygen atoms in total. The Balaban J connectivity index is 1.41. The van der Waals surface area contributed by atoms with E-state index in [1.54, 1.807) is 6.26 Å². The lowest BCUT2D eigenvalue weighted by Crippen LogP contribution is -2.62. The van der Waals surface area contributed by atoms with Crippen LogP contribution in [0.5, 0.6) is 0 Å². The monoisotopic (exact) mass is 448 g/mol. The highest BCUT2D eigenvalue weighted by molar-refractivity contribution is 7.77. The van der Waals surface area contributed by atoms with Crippen molar-refractivity contribution in [3.63, 3.8) is 0 Å². The van der Waals surface area contributed by atoms with Crippen LogP contribution in [0.2, 0.25) is 0 Å². The summed E-state index contributed by atoms with van der Waals surface area (Å²) in [5.74, 6) is 1.49. The lowest BCUT2D eigenvalue weighted by molar-refractivity contribution is -0.201. The van der Waals surface area contributed by atoms with E-state index in [1.165, 1.54) is 6.07 Å². The molecular formula is C24H34NO5S-. The van der Waals surface area contributed by atoms with E-state index in [4.69, 9.17) is 4.42 Å². The summed E-state index contributed by atoms with van der Waals surface area (Å²) in [4.78, 5) is 11.4. The predicted molar refractivity (Wildman–Crippen MR) is 117 cm³/mol. The maximum atomic E-state index is 12.2. The fourth-order valence-electron chi connectivity index (χ4n) is 8.57. The first-order valence-corrected chi connectivity index (χ1v) is 12.9. The third-order valence-electron chi connectivity index (χ3n) is 10.2. The van der Waals surface area contributed by atoms with E-state index in [1.807, 2.05) is 6.07 Å². The van der Waals surface area contributed by atoms with Gasteiger partial charge >= 0.3 is 5.63 Å². The summed E-state index contributed by atoms with van der Waals surface area (Å²) in [7, 11) is 0. The summed E-state index contributed by atoms with van der Waals surface area (Å²) in [5.41, 5.74) is -0.0389. The highest BCUT2D eigenvalue weighted by Crippen LogP contribution is 2.70. The van der Waals surface area contributed by atoms with Crippen molar-refractivity contribution in [2.24, 2.45) is 28.6 Å². The minimum absolute atomic E-state index is 0.0495. The average molecular weight is 449 g/mol. The third kappa shape index (κ3) is 3.22. The molecule has 7 heteroatoms. The van der Waals surface area contributed by atoms with Gasteiger partial charge in [-0.05, 0) is 98.5 Å². The second-order valence-electron chi connectivity index (χ2n) is 11.2. The Kier molecular flexibility index (Phi) is 5.28. The number of rotatable bonds is 3. The Morgan fingerprint density at radius 3 is 2.61 bits per heavy atom. The van der Waals surface area contributed by atoms with Crippen LogP contribution in [0.4, 0.5) is 0 Å². The van der Waals surface area contributed by atoms with Crippen molar-refractivity contribution < 1.29 is 18.3 Å². The van der Waals surface area contributed by atoms with Crippen LogP contribution in [0.25, 0.3) is 0 Å². The maximum Gasteiger partial charge on any atom is 0.335 e. The molecule has 31 heavy (non-hydrogen) atoms. The molecule has 1 unspecified atom stereocenters. The van der Waals surface area contributed by atoms with Crippen molar-refractivity contribution in [1.82, 2.24) is 4.72 Å². The maximum absolute atomic E-state index is 12.2. The van der Waals surface area contributed by atoms with Crippen molar-refractivity contribution in [1.29, 1.82) is 0 Å². The summed E-state index contributed by atoms with van der Waals surface area (Å²) in [6.07, 6.45) is 10.3. The van der Waals surface area contributed by atoms with Crippen LogP contribution in [-0.4, -0.2) is 25.5 Å². The zero-order valence-corrected chi connectivity index (χ0v) is 19.3. The Labute approximate surface area is 186 Å². The summed E-state index contributed by atoms with van der Waals surface area (Å²) < 4.78 is 30.2. The Bertz CT molecular complexity index is 914.